The van der Waals surface area contributed by atoms with Gasteiger partial charge in [0, 0.05) is 20.8 Å². The lowest BCUT2D eigenvalue weighted by molar-refractivity contribution is -0.137. The number of rotatable bonds is 1. The zero-order chi connectivity index (χ0) is 18.5. The average molecular weight is 468 g/mol. The minimum atomic E-state index is -4.91. The number of benzene rings is 2. The molecular weight excluding hydrogens is 462 g/mol. The molecule has 3 rings (SSSR count). The number of halogens is 6. The molecule has 1 heterocycles. The van der Waals surface area contributed by atoms with Crippen LogP contribution in [-0.4, -0.2) is 9.97 Å². The Morgan fingerprint density at radius 1 is 1.00 bits per heavy atom. The number of aromatic nitrogens is 2. The van der Waals surface area contributed by atoms with Crippen molar-refractivity contribution in [1.29, 1.82) is 0 Å². The second-order valence-electron chi connectivity index (χ2n) is 5.07. The number of hydrogen-bond acceptors (Lipinski definition) is 2. The molecule has 0 saturated heterocycles. The molecule has 2 aromatic carbocycles. The third-order valence-corrected chi connectivity index (χ3v) is 4.56. The van der Waals surface area contributed by atoms with Crippen LogP contribution in [0, 0.1) is 15.2 Å². The van der Waals surface area contributed by atoms with Crippen LogP contribution in [-0.2, 0) is 6.18 Å². The predicted molar refractivity (Wildman–Crippen MR) is 88.3 cm³/mol. The fourth-order valence-corrected chi connectivity index (χ4v) is 3.45. The van der Waals surface area contributed by atoms with E-state index in [0.29, 0.717) is 12.1 Å². The number of H-pyrrole nitrogens is 2. The van der Waals surface area contributed by atoms with E-state index in [1.165, 1.54) is 22.6 Å². The van der Waals surface area contributed by atoms with Crippen LogP contribution in [0.3, 0.4) is 0 Å². The van der Waals surface area contributed by atoms with Gasteiger partial charge in [-0.1, -0.05) is 0 Å². The van der Waals surface area contributed by atoms with Crippen molar-refractivity contribution in [3.8, 4) is 11.1 Å². The second-order valence-corrected chi connectivity index (χ2v) is 6.14. The lowest BCUT2D eigenvalue weighted by atomic mass is 9.96. The van der Waals surface area contributed by atoms with Gasteiger partial charge >= 0.3 is 11.9 Å². The van der Waals surface area contributed by atoms with Crippen molar-refractivity contribution in [1.82, 2.24) is 9.97 Å². The fraction of sp³-hybridized carbons (Fsp3) is 0.0667. The third kappa shape index (κ3) is 3.05. The highest BCUT2D eigenvalue weighted by Crippen LogP contribution is 2.42. The van der Waals surface area contributed by atoms with Crippen LogP contribution in [0.15, 0.2) is 33.9 Å². The summed E-state index contributed by atoms with van der Waals surface area (Å²) in [6.07, 6.45) is -4.91. The van der Waals surface area contributed by atoms with E-state index in [4.69, 9.17) is 0 Å². The van der Waals surface area contributed by atoms with Crippen LogP contribution < -0.4 is 11.2 Å². The Morgan fingerprint density at radius 2 is 1.68 bits per heavy atom. The first-order chi connectivity index (χ1) is 11.6. The van der Waals surface area contributed by atoms with Gasteiger partial charge in [-0.3, -0.25) is 9.78 Å². The standard InChI is InChI=1S/C15H6F5IN2O2/c16-5-1-2-6(9(17)3-5)10-8(15(18,19)20)4-7-12(11(10)21)22-14(25)23-13(7)24/h1-4H,(H2,22,23,24,25). The molecule has 0 bridgehead atoms. The molecule has 10 heteroatoms. The molecule has 0 aliphatic heterocycles. The topological polar surface area (TPSA) is 65.7 Å². The van der Waals surface area contributed by atoms with E-state index in [0.717, 1.165) is 12.1 Å². The first kappa shape index (κ1) is 17.6. The molecule has 0 saturated carbocycles. The second kappa shape index (κ2) is 5.93. The highest BCUT2D eigenvalue weighted by Gasteiger charge is 2.36. The van der Waals surface area contributed by atoms with Crippen LogP contribution in [0.2, 0.25) is 0 Å². The fourth-order valence-electron chi connectivity index (χ4n) is 2.45. The summed E-state index contributed by atoms with van der Waals surface area (Å²) in [6.45, 7) is 0. The van der Waals surface area contributed by atoms with Gasteiger partial charge in [0.2, 0.25) is 0 Å². The maximum absolute atomic E-state index is 14.1. The van der Waals surface area contributed by atoms with E-state index in [2.05, 4.69) is 4.98 Å². The lowest BCUT2D eigenvalue weighted by Gasteiger charge is -2.17. The van der Waals surface area contributed by atoms with Crippen molar-refractivity contribution in [3.63, 3.8) is 0 Å². The van der Waals surface area contributed by atoms with E-state index in [9.17, 15) is 31.5 Å². The van der Waals surface area contributed by atoms with Crippen LogP contribution in [0.5, 0.6) is 0 Å². The van der Waals surface area contributed by atoms with E-state index in [1.807, 2.05) is 4.98 Å². The van der Waals surface area contributed by atoms with Crippen molar-refractivity contribution >= 4 is 33.5 Å². The average Bonchev–Trinajstić information content (AvgIpc) is 2.48. The van der Waals surface area contributed by atoms with Gasteiger partial charge in [0.15, 0.2) is 0 Å². The largest absolute Gasteiger partial charge is 0.417 e. The molecule has 130 valence electrons. The van der Waals surface area contributed by atoms with E-state index >= 15 is 0 Å². The highest BCUT2D eigenvalue weighted by atomic mass is 127. The van der Waals surface area contributed by atoms with Crippen LogP contribution in [0.25, 0.3) is 22.0 Å². The van der Waals surface area contributed by atoms with Gasteiger partial charge in [-0.05, 0) is 40.8 Å². The summed E-state index contributed by atoms with van der Waals surface area (Å²) in [5.74, 6) is -2.15. The Labute approximate surface area is 148 Å². The van der Waals surface area contributed by atoms with Crippen molar-refractivity contribution in [2.75, 3.05) is 0 Å². The Bertz CT molecular complexity index is 1120. The molecule has 0 atom stereocenters. The molecular formula is C15H6F5IN2O2. The van der Waals surface area contributed by atoms with Gasteiger partial charge < -0.3 is 4.98 Å². The molecule has 1 aromatic heterocycles. The molecule has 0 aliphatic rings. The number of alkyl halides is 3. The highest BCUT2D eigenvalue weighted by molar-refractivity contribution is 14.1. The molecule has 4 nitrogen and oxygen atoms in total. The molecule has 0 spiro atoms. The molecule has 0 fully saturated rings. The zero-order valence-electron chi connectivity index (χ0n) is 11.9. The summed E-state index contributed by atoms with van der Waals surface area (Å²) in [7, 11) is 0. The van der Waals surface area contributed by atoms with E-state index < -0.39 is 51.1 Å². The van der Waals surface area contributed by atoms with Gasteiger partial charge in [-0.2, -0.15) is 13.2 Å². The molecule has 2 N–H and O–H groups in total. The van der Waals surface area contributed by atoms with E-state index in [-0.39, 0.29) is 9.09 Å². The third-order valence-electron chi connectivity index (χ3n) is 3.48. The number of nitrogens with one attached hydrogen (secondary N) is 2. The molecule has 0 unspecified atom stereocenters. The molecule has 3 aromatic rings. The summed E-state index contributed by atoms with van der Waals surface area (Å²) >= 11 is 1.48. The molecule has 0 aliphatic carbocycles. The quantitative estimate of drug-likeness (QED) is 0.422. The maximum Gasteiger partial charge on any atom is 0.417 e. The van der Waals surface area contributed by atoms with Gasteiger partial charge in [0.25, 0.3) is 5.56 Å². The monoisotopic (exact) mass is 468 g/mol. The first-order valence-corrected chi connectivity index (χ1v) is 7.69. The lowest BCUT2D eigenvalue weighted by Crippen LogP contribution is -2.23. The number of aromatic amines is 2. The van der Waals surface area contributed by atoms with Gasteiger partial charge in [-0.25, -0.2) is 13.6 Å². The van der Waals surface area contributed by atoms with Crippen molar-refractivity contribution < 1.29 is 22.0 Å². The number of hydrogen-bond donors (Lipinski definition) is 2. The van der Waals surface area contributed by atoms with Gasteiger partial charge in [0.1, 0.15) is 11.6 Å². The summed E-state index contributed by atoms with van der Waals surface area (Å²) in [4.78, 5) is 27.3. The van der Waals surface area contributed by atoms with Crippen molar-refractivity contribution in [2.24, 2.45) is 0 Å². The Kier molecular flexibility index (Phi) is 4.17. The minimum Gasteiger partial charge on any atom is -0.306 e. The molecule has 0 amide bonds. The Hall–Kier alpha value is -2.24. The first-order valence-electron chi connectivity index (χ1n) is 6.61. The van der Waals surface area contributed by atoms with Gasteiger partial charge in [0.05, 0.1) is 16.5 Å². The summed E-state index contributed by atoms with van der Waals surface area (Å²) in [6, 6.07) is 2.68. The summed E-state index contributed by atoms with van der Waals surface area (Å²) in [5, 5.41) is -0.400. The SMILES string of the molecule is O=c1[nH]c(=O)c2cc(C(F)(F)F)c(-c3ccc(F)cc3F)c(I)c2[nH]1. The van der Waals surface area contributed by atoms with Crippen LogP contribution in [0.4, 0.5) is 22.0 Å². The predicted octanol–water partition coefficient (Wildman–Crippen LogP) is 3.79. The van der Waals surface area contributed by atoms with Crippen LogP contribution in [0.1, 0.15) is 5.56 Å². The number of fused-ring (bicyclic) bond motifs is 1. The minimum absolute atomic E-state index is 0.166. The zero-order valence-corrected chi connectivity index (χ0v) is 14.1. The Morgan fingerprint density at radius 3 is 2.28 bits per heavy atom. The molecule has 0 radical (unpaired) electrons. The normalized spacial score (nSPS) is 11.9. The van der Waals surface area contributed by atoms with Crippen LogP contribution >= 0.6 is 22.6 Å². The van der Waals surface area contributed by atoms with Crippen molar-refractivity contribution in [3.05, 3.63) is 65.9 Å². The van der Waals surface area contributed by atoms with E-state index in [1.54, 1.807) is 0 Å². The molecule has 25 heavy (non-hydrogen) atoms. The van der Waals surface area contributed by atoms with Crippen molar-refractivity contribution in [2.45, 2.75) is 6.18 Å². The smallest absolute Gasteiger partial charge is 0.306 e. The summed E-state index contributed by atoms with van der Waals surface area (Å²) in [5.41, 5.74) is -4.44. The van der Waals surface area contributed by atoms with Gasteiger partial charge in [-0.15, -0.1) is 0 Å². The Balaban J connectivity index is 2.54. The maximum atomic E-state index is 14.1. The summed E-state index contributed by atoms with van der Waals surface area (Å²) < 4.78 is 67.4.